The van der Waals surface area contributed by atoms with E-state index in [1.54, 1.807) is 19.2 Å². The van der Waals surface area contributed by atoms with Gasteiger partial charge in [-0.3, -0.25) is 4.79 Å². The van der Waals surface area contributed by atoms with E-state index < -0.39 is 5.97 Å². The molecule has 0 fully saturated rings. The van der Waals surface area contributed by atoms with Gasteiger partial charge in [-0.25, -0.2) is 4.79 Å². The average Bonchev–Trinajstić information content (AvgIpc) is 2.61. The van der Waals surface area contributed by atoms with Crippen LogP contribution in [0.5, 0.6) is 5.75 Å². The van der Waals surface area contributed by atoms with E-state index in [9.17, 15) is 9.59 Å². The molecule has 0 atom stereocenters. The van der Waals surface area contributed by atoms with Crippen LogP contribution in [0.15, 0.2) is 53.3 Å². The molecule has 0 spiro atoms. The number of hydrogen-bond acceptors (Lipinski definition) is 3. The smallest absolute Gasteiger partial charge is 0.344 e. The zero-order valence-electron chi connectivity index (χ0n) is 13.4. The van der Waals surface area contributed by atoms with Crippen molar-refractivity contribution in [3.05, 3.63) is 75.6 Å². The largest absolute Gasteiger partial charge is 0.416 e. The summed E-state index contributed by atoms with van der Waals surface area (Å²) in [7, 11) is 1.68. The molecular weight excluding hydrogens is 302 g/mol. The molecule has 0 unspecified atom stereocenters. The lowest BCUT2D eigenvalue weighted by Gasteiger charge is -2.18. The first-order valence-electron chi connectivity index (χ1n) is 7.69. The third kappa shape index (κ3) is 2.00. The Morgan fingerprint density at radius 1 is 0.917 bits per heavy atom. The molecule has 0 bridgehead atoms. The first kappa shape index (κ1) is 14.5. The minimum Gasteiger partial charge on any atom is -0.416 e. The monoisotopic (exact) mass is 317 g/mol. The van der Waals surface area contributed by atoms with Gasteiger partial charge in [-0.05, 0) is 36.3 Å². The summed E-state index contributed by atoms with van der Waals surface area (Å²) >= 11 is 0. The highest BCUT2D eigenvalue weighted by Crippen LogP contribution is 2.32. The van der Waals surface area contributed by atoms with Gasteiger partial charge >= 0.3 is 5.97 Å². The van der Waals surface area contributed by atoms with Crippen LogP contribution in [-0.4, -0.2) is 10.5 Å². The van der Waals surface area contributed by atoms with E-state index in [1.807, 2.05) is 49.4 Å². The SMILES string of the molecule is C/C1=C/c2c(c(=O)n(C)c3ccccc23)OC(=O)c2ccccc21. The van der Waals surface area contributed by atoms with Crippen molar-refractivity contribution in [3.63, 3.8) is 0 Å². The number of nitrogens with zero attached hydrogens (tertiary/aromatic N) is 1. The van der Waals surface area contributed by atoms with E-state index >= 15 is 0 Å². The number of aromatic nitrogens is 1. The van der Waals surface area contributed by atoms with E-state index in [-0.39, 0.29) is 11.3 Å². The summed E-state index contributed by atoms with van der Waals surface area (Å²) in [6, 6.07) is 14.9. The van der Waals surface area contributed by atoms with Crippen molar-refractivity contribution in [1.29, 1.82) is 0 Å². The van der Waals surface area contributed by atoms with Crippen molar-refractivity contribution >= 4 is 28.5 Å². The van der Waals surface area contributed by atoms with Crippen LogP contribution < -0.4 is 10.3 Å². The van der Waals surface area contributed by atoms with Crippen molar-refractivity contribution in [2.24, 2.45) is 7.05 Å². The predicted molar refractivity (Wildman–Crippen MR) is 94.1 cm³/mol. The highest BCUT2D eigenvalue weighted by molar-refractivity contribution is 6.04. The third-order valence-electron chi connectivity index (χ3n) is 4.43. The number of fused-ring (bicyclic) bond motifs is 4. The summed E-state index contributed by atoms with van der Waals surface area (Å²) in [5.41, 5.74) is 3.33. The summed E-state index contributed by atoms with van der Waals surface area (Å²) < 4.78 is 7.03. The Morgan fingerprint density at radius 2 is 1.58 bits per heavy atom. The fourth-order valence-corrected chi connectivity index (χ4v) is 3.18. The zero-order valence-corrected chi connectivity index (χ0v) is 13.4. The molecule has 1 aliphatic heterocycles. The van der Waals surface area contributed by atoms with E-state index in [1.165, 1.54) is 4.57 Å². The second-order valence-corrected chi connectivity index (χ2v) is 5.89. The summed E-state index contributed by atoms with van der Waals surface area (Å²) in [5, 5.41) is 0.876. The molecule has 1 aliphatic rings. The topological polar surface area (TPSA) is 48.3 Å². The average molecular weight is 317 g/mol. The Hall–Kier alpha value is -3.14. The van der Waals surface area contributed by atoms with Crippen LogP contribution in [0.2, 0.25) is 0 Å². The lowest BCUT2D eigenvalue weighted by atomic mass is 9.96. The number of benzene rings is 2. The second kappa shape index (κ2) is 5.20. The van der Waals surface area contributed by atoms with Crippen LogP contribution in [0.4, 0.5) is 0 Å². The van der Waals surface area contributed by atoms with E-state index in [4.69, 9.17) is 4.74 Å². The first-order chi connectivity index (χ1) is 11.6. The van der Waals surface area contributed by atoms with Crippen LogP contribution in [0.3, 0.4) is 0 Å². The van der Waals surface area contributed by atoms with E-state index in [0.29, 0.717) is 11.1 Å². The van der Waals surface area contributed by atoms with Crippen LogP contribution in [0, 0.1) is 0 Å². The minimum atomic E-state index is -0.508. The number of aryl methyl sites for hydroxylation is 1. The molecule has 0 radical (unpaired) electrons. The number of rotatable bonds is 0. The van der Waals surface area contributed by atoms with Crippen molar-refractivity contribution in [2.45, 2.75) is 6.92 Å². The maximum atomic E-state index is 12.7. The van der Waals surface area contributed by atoms with Crippen molar-refractivity contribution < 1.29 is 9.53 Å². The number of para-hydroxylation sites is 1. The summed E-state index contributed by atoms with van der Waals surface area (Å²) in [5.74, 6) is -0.429. The molecule has 24 heavy (non-hydrogen) atoms. The Balaban J connectivity index is 2.16. The molecule has 0 saturated heterocycles. The van der Waals surface area contributed by atoms with Crippen molar-refractivity contribution in [1.82, 2.24) is 4.57 Å². The first-order valence-corrected chi connectivity index (χ1v) is 7.69. The Labute approximate surface area is 138 Å². The van der Waals surface area contributed by atoms with Crippen LogP contribution in [0.1, 0.15) is 28.4 Å². The third-order valence-corrected chi connectivity index (χ3v) is 4.43. The molecule has 4 heteroatoms. The summed E-state index contributed by atoms with van der Waals surface area (Å²) in [6.45, 7) is 1.94. The molecule has 0 saturated carbocycles. The molecule has 0 aliphatic carbocycles. The summed E-state index contributed by atoms with van der Waals surface area (Å²) in [6.07, 6.45) is 1.92. The zero-order chi connectivity index (χ0) is 16.8. The minimum absolute atomic E-state index is 0.0788. The quantitative estimate of drug-likeness (QED) is 0.595. The molecule has 4 rings (SSSR count). The molecule has 118 valence electrons. The van der Waals surface area contributed by atoms with Gasteiger partial charge in [0.05, 0.1) is 11.1 Å². The number of esters is 1. The van der Waals surface area contributed by atoms with Gasteiger partial charge in [-0.2, -0.15) is 0 Å². The number of pyridine rings is 1. The van der Waals surface area contributed by atoms with Gasteiger partial charge in [0.2, 0.25) is 5.75 Å². The van der Waals surface area contributed by atoms with E-state index in [0.717, 1.165) is 22.0 Å². The molecule has 3 aromatic rings. The Kier molecular flexibility index (Phi) is 3.13. The second-order valence-electron chi connectivity index (χ2n) is 5.89. The van der Waals surface area contributed by atoms with Gasteiger partial charge in [0.1, 0.15) is 0 Å². The lowest BCUT2D eigenvalue weighted by molar-refractivity contribution is 0.0731. The predicted octanol–water partition coefficient (Wildman–Crippen LogP) is 3.63. The maximum Gasteiger partial charge on any atom is 0.344 e. The van der Waals surface area contributed by atoms with Gasteiger partial charge in [0.15, 0.2) is 0 Å². The van der Waals surface area contributed by atoms with Crippen LogP contribution in [-0.2, 0) is 7.05 Å². The molecule has 0 amide bonds. The van der Waals surface area contributed by atoms with E-state index in [2.05, 4.69) is 0 Å². The molecule has 2 heterocycles. The van der Waals surface area contributed by atoms with Gasteiger partial charge < -0.3 is 9.30 Å². The number of carbonyl (C=O) groups excluding carboxylic acids is 1. The molecule has 1 aromatic heterocycles. The van der Waals surface area contributed by atoms with Crippen LogP contribution in [0.25, 0.3) is 22.6 Å². The fourth-order valence-electron chi connectivity index (χ4n) is 3.18. The standard InChI is InChI=1S/C20H15NO3/c1-12-11-16-14-8-5-6-10-17(14)21(2)19(22)18(16)24-20(23)15-9-4-3-7-13(12)15/h3-11H,1-2H3/b12-11-. The normalized spacial score (nSPS) is 15.6. The molecular formula is C20H15NO3. The van der Waals surface area contributed by atoms with Gasteiger partial charge in [0.25, 0.3) is 5.56 Å². The molecule has 4 nitrogen and oxygen atoms in total. The van der Waals surface area contributed by atoms with Crippen LogP contribution >= 0.6 is 0 Å². The molecule has 2 aromatic carbocycles. The number of carbonyl (C=O) groups is 1. The Bertz CT molecular complexity index is 1090. The maximum absolute atomic E-state index is 12.7. The van der Waals surface area contributed by atoms with Crippen molar-refractivity contribution in [3.8, 4) is 5.75 Å². The summed E-state index contributed by atoms with van der Waals surface area (Å²) in [4.78, 5) is 25.3. The van der Waals surface area contributed by atoms with Gasteiger partial charge in [0, 0.05) is 18.0 Å². The highest BCUT2D eigenvalue weighted by Gasteiger charge is 2.23. The number of ether oxygens (including phenoxy) is 1. The lowest BCUT2D eigenvalue weighted by Crippen LogP contribution is -2.24. The van der Waals surface area contributed by atoms with Gasteiger partial charge in [-0.1, -0.05) is 36.4 Å². The number of hydrogen-bond donors (Lipinski definition) is 0. The molecule has 0 N–H and O–H groups in total. The van der Waals surface area contributed by atoms with Crippen molar-refractivity contribution in [2.75, 3.05) is 0 Å². The van der Waals surface area contributed by atoms with Gasteiger partial charge in [-0.15, -0.1) is 0 Å². The Morgan fingerprint density at radius 3 is 2.38 bits per heavy atom. The number of allylic oxidation sites excluding steroid dienone is 1. The fraction of sp³-hybridized carbons (Fsp3) is 0.100. The highest BCUT2D eigenvalue weighted by atomic mass is 16.5.